The largest absolute Gasteiger partial charge is 0.307 e. The first kappa shape index (κ1) is 17.8. The van der Waals surface area contributed by atoms with Crippen LogP contribution in [0, 0.1) is 10.1 Å². The Bertz CT molecular complexity index is 697. The molecule has 1 aliphatic rings. The molecular formula is C15H23N3O4S. The fourth-order valence-corrected chi connectivity index (χ4v) is 4.73. The van der Waals surface area contributed by atoms with Crippen molar-refractivity contribution in [2.24, 2.45) is 0 Å². The number of non-ortho nitro benzene ring substituents is 1. The van der Waals surface area contributed by atoms with Gasteiger partial charge < -0.3 is 5.32 Å². The van der Waals surface area contributed by atoms with Gasteiger partial charge in [0.1, 0.15) is 0 Å². The molecule has 1 aliphatic heterocycles. The number of hydrogen-bond acceptors (Lipinski definition) is 5. The highest BCUT2D eigenvalue weighted by molar-refractivity contribution is 7.89. The lowest BCUT2D eigenvalue weighted by Crippen LogP contribution is -2.62. The molecule has 0 amide bonds. The number of nitro groups is 1. The molecular weight excluding hydrogens is 318 g/mol. The van der Waals surface area contributed by atoms with E-state index in [1.165, 1.54) is 18.2 Å². The van der Waals surface area contributed by atoms with E-state index in [1.807, 2.05) is 27.7 Å². The molecule has 2 N–H and O–H groups in total. The summed E-state index contributed by atoms with van der Waals surface area (Å²) in [4.78, 5) is 10.1. The minimum atomic E-state index is -3.80. The highest BCUT2D eigenvalue weighted by atomic mass is 32.2. The van der Waals surface area contributed by atoms with Crippen molar-refractivity contribution in [3.8, 4) is 0 Å². The molecule has 0 unspecified atom stereocenters. The van der Waals surface area contributed by atoms with Gasteiger partial charge in [-0.25, -0.2) is 13.1 Å². The molecule has 7 nitrogen and oxygen atoms in total. The number of nitrogens with zero attached hydrogens (tertiary/aromatic N) is 1. The molecule has 0 aliphatic carbocycles. The summed E-state index contributed by atoms with van der Waals surface area (Å²) >= 11 is 0. The van der Waals surface area contributed by atoms with Gasteiger partial charge in [0.15, 0.2) is 0 Å². The smallest absolute Gasteiger partial charge is 0.270 e. The Hall–Kier alpha value is -1.51. The van der Waals surface area contributed by atoms with Crippen molar-refractivity contribution >= 4 is 15.7 Å². The summed E-state index contributed by atoms with van der Waals surface area (Å²) in [5.41, 5.74) is -0.631. The Labute approximate surface area is 136 Å². The maximum atomic E-state index is 12.5. The molecule has 0 saturated carbocycles. The highest BCUT2D eigenvalue weighted by Crippen LogP contribution is 2.29. The van der Waals surface area contributed by atoms with Crippen molar-refractivity contribution in [2.45, 2.75) is 62.6 Å². The number of hydrogen-bond donors (Lipinski definition) is 2. The third-order valence-corrected chi connectivity index (χ3v) is 5.37. The Kier molecular flexibility index (Phi) is 4.53. The van der Waals surface area contributed by atoms with E-state index in [4.69, 9.17) is 0 Å². The standard InChI is InChI=1S/C15H23N3O4S/c1-14(2)9-11(10-15(3,4)17-14)16-23(21,22)13-7-5-6-12(8-13)18(19)20/h5-8,11,16-17H,9-10H2,1-4H3. The zero-order chi connectivity index (χ0) is 17.5. The maximum Gasteiger partial charge on any atom is 0.270 e. The van der Waals surface area contributed by atoms with Crippen LogP contribution in [0.1, 0.15) is 40.5 Å². The Morgan fingerprint density at radius 3 is 2.30 bits per heavy atom. The molecule has 1 aromatic carbocycles. The Morgan fingerprint density at radius 1 is 1.22 bits per heavy atom. The molecule has 23 heavy (non-hydrogen) atoms. The maximum absolute atomic E-state index is 12.5. The van der Waals surface area contributed by atoms with Crippen LogP contribution in [0.15, 0.2) is 29.2 Å². The SMILES string of the molecule is CC1(C)CC(NS(=O)(=O)c2cccc([N+](=O)[O-])c2)CC(C)(C)N1. The van der Waals surface area contributed by atoms with Crippen LogP contribution >= 0.6 is 0 Å². The fraction of sp³-hybridized carbons (Fsp3) is 0.600. The van der Waals surface area contributed by atoms with Crippen molar-refractivity contribution in [1.82, 2.24) is 10.0 Å². The van der Waals surface area contributed by atoms with E-state index >= 15 is 0 Å². The Morgan fingerprint density at radius 2 is 1.78 bits per heavy atom. The van der Waals surface area contributed by atoms with Gasteiger partial charge in [-0.3, -0.25) is 10.1 Å². The summed E-state index contributed by atoms with van der Waals surface area (Å²) in [6.07, 6.45) is 1.29. The number of rotatable bonds is 4. The molecule has 1 aromatic rings. The van der Waals surface area contributed by atoms with E-state index in [0.29, 0.717) is 12.8 Å². The second-order valence-corrected chi connectivity index (χ2v) is 9.09. The zero-order valence-corrected chi connectivity index (χ0v) is 14.6. The van der Waals surface area contributed by atoms with E-state index in [9.17, 15) is 18.5 Å². The molecule has 1 fully saturated rings. The average Bonchev–Trinajstić information content (AvgIpc) is 2.34. The van der Waals surface area contributed by atoms with Gasteiger partial charge in [-0.05, 0) is 46.6 Å². The number of sulfonamides is 1. The van der Waals surface area contributed by atoms with Crippen LogP contribution in [0.25, 0.3) is 0 Å². The van der Waals surface area contributed by atoms with Crippen LogP contribution in [0.3, 0.4) is 0 Å². The lowest BCUT2D eigenvalue weighted by Gasteiger charge is -2.46. The van der Waals surface area contributed by atoms with Gasteiger partial charge in [-0.1, -0.05) is 6.07 Å². The van der Waals surface area contributed by atoms with Crippen molar-refractivity contribution in [3.05, 3.63) is 34.4 Å². The summed E-state index contributed by atoms with van der Waals surface area (Å²) in [5, 5.41) is 14.3. The molecule has 0 radical (unpaired) electrons. The first-order valence-corrected chi connectivity index (χ1v) is 8.95. The van der Waals surface area contributed by atoms with Gasteiger partial charge in [0, 0.05) is 29.3 Å². The van der Waals surface area contributed by atoms with Crippen molar-refractivity contribution < 1.29 is 13.3 Å². The van der Waals surface area contributed by atoms with Crippen LogP contribution in [-0.2, 0) is 10.0 Å². The molecule has 1 heterocycles. The lowest BCUT2D eigenvalue weighted by molar-refractivity contribution is -0.385. The Balaban J connectivity index is 2.24. The van der Waals surface area contributed by atoms with Crippen LogP contribution < -0.4 is 10.0 Å². The van der Waals surface area contributed by atoms with E-state index < -0.39 is 14.9 Å². The predicted octanol–water partition coefficient (Wildman–Crippen LogP) is 2.18. The molecule has 0 aromatic heterocycles. The van der Waals surface area contributed by atoms with Crippen LogP contribution in [0.5, 0.6) is 0 Å². The van der Waals surface area contributed by atoms with Gasteiger partial charge >= 0.3 is 0 Å². The molecule has 0 spiro atoms. The van der Waals surface area contributed by atoms with Gasteiger partial charge in [0.25, 0.3) is 5.69 Å². The van der Waals surface area contributed by atoms with Crippen LogP contribution in [-0.4, -0.2) is 30.5 Å². The van der Waals surface area contributed by atoms with Crippen molar-refractivity contribution in [3.63, 3.8) is 0 Å². The summed E-state index contributed by atoms with van der Waals surface area (Å²) in [6.45, 7) is 8.12. The van der Waals surface area contributed by atoms with Crippen molar-refractivity contribution in [2.75, 3.05) is 0 Å². The minimum absolute atomic E-state index is 0.0826. The fourth-order valence-electron chi connectivity index (χ4n) is 3.46. The summed E-state index contributed by atoms with van der Waals surface area (Å²) in [6, 6.07) is 4.87. The molecule has 0 atom stereocenters. The van der Waals surface area contributed by atoms with Gasteiger partial charge in [-0.15, -0.1) is 0 Å². The third-order valence-electron chi connectivity index (χ3n) is 3.85. The molecule has 8 heteroatoms. The predicted molar refractivity (Wildman–Crippen MR) is 87.7 cm³/mol. The summed E-state index contributed by atoms with van der Waals surface area (Å²) in [7, 11) is -3.80. The number of piperidine rings is 1. The number of nitro benzene ring substituents is 1. The summed E-state index contributed by atoms with van der Waals surface area (Å²) < 4.78 is 27.8. The van der Waals surface area contributed by atoms with E-state index in [1.54, 1.807) is 0 Å². The number of nitrogens with one attached hydrogen (secondary N) is 2. The third kappa shape index (κ3) is 4.49. The quantitative estimate of drug-likeness (QED) is 0.645. The zero-order valence-electron chi connectivity index (χ0n) is 13.8. The summed E-state index contributed by atoms with van der Waals surface area (Å²) in [5.74, 6) is 0. The monoisotopic (exact) mass is 341 g/mol. The van der Waals surface area contributed by atoms with Crippen molar-refractivity contribution in [1.29, 1.82) is 0 Å². The van der Waals surface area contributed by atoms with E-state index in [-0.39, 0.29) is 27.7 Å². The normalized spacial score (nSPS) is 21.0. The van der Waals surface area contributed by atoms with Gasteiger partial charge in [0.2, 0.25) is 10.0 Å². The molecule has 128 valence electrons. The van der Waals surface area contributed by atoms with Gasteiger partial charge in [-0.2, -0.15) is 0 Å². The molecule has 2 rings (SSSR count). The molecule has 1 saturated heterocycles. The number of benzene rings is 1. The second kappa shape index (κ2) is 5.85. The lowest BCUT2D eigenvalue weighted by atomic mass is 9.80. The first-order valence-electron chi connectivity index (χ1n) is 7.46. The first-order chi connectivity index (χ1) is 10.4. The average molecular weight is 341 g/mol. The topological polar surface area (TPSA) is 101 Å². The highest BCUT2D eigenvalue weighted by Gasteiger charge is 2.39. The van der Waals surface area contributed by atoms with Crippen LogP contribution in [0.4, 0.5) is 5.69 Å². The van der Waals surface area contributed by atoms with Crippen LogP contribution in [0.2, 0.25) is 0 Å². The molecule has 0 bridgehead atoms. The minimum Gasteiger partial charge on any atom is -0.307 e. The van der Waals surface area contributed by atoms with E-state index in [0.717, 1.165) is 6.07 Å². The van der Waals surface area contributed by atoms with Gasteiger partial charge in [0.05, 0.1) is 9.82 Å². The van der Waals surface area contributed by atoms with E-state index in [2.05, 4.69) is 10.0 Å². The second-order valence-electron chi connectivity index (χ2n) is 7.37.